The fourth-order valence-corrected chi connectivity index (χ4v) is 3.79. The molecule has 2 heterocycles. The maximum absolute atomic E-state index is 12.2. The number of nitrogens with zero attached hydrogens (tertiary/aromatic N) is 1. The van der Waals surface area contributed by atoms with Crippen LogP contribution in [0.1, 0.15) is 23.0 Å². The number of esters is 1. The van der Waals surface area contributed by atoms with Crippen LogP contribution in [-0.4, -0.2) is 31.2 Å². The van der Waals surface area contributed by atoms with E-state index in [0.717, 1.165) is 11.3 Å². The number of carbonyl (C=O) groups excluding carboxylic acids is 1. The van der Waals surface area contributed by atoms with Crippen molar-refractivity contribution < 1.29 is 17.9 Å². The van der Waals surface area contributed by atoms with Crippen molar-refractivity contribution in [2.24, 2.45) is 0 Å². The molecule has 0 spiro atoms. The molecule has 2 rings (SSSR count). The molecule has 0 unspecified atom stereocenters. The molecule has 0 aromatic carbocycles. The van der Waals surface area contributed by atoms with Crippen molar-refractivity contribution in [2.45, 2.75) is 18.7 Å². The topological polar surface area (TPSA) is 101 Å². The highest BCUT2D eigenvalue weighted by Gasteiger charge is 2.23. The van der Waals surface area contributed by atoms with E-state index in [2.05, 4.69) is 14.9 Å². The molecule has 2 N–H and O–H groups in total. The highest BCUT2D eigenvalue weighted by molar-refractivity contribution is 7.93. The third-order valence-electron chi connectivity index (χ3n) is 2.46. The summed E-state index contributed by atoms with van der Waals surface area (Å²) in [5.74, 6) is -0.560. The van der Waals surface area contributed by atoms with Crippen LogP contribution in [-0.2, 0) is 14.8 Å². The van der Waals surface area contributed by atoms with Crippen molar-refractivity contribution in [2.75, 3.05) is 11.3 Å². The smallest absolute Gasteiger partial charge is 0.341 e. The summed E-state index contributed by atoms with van der Waals surface area (Å²) in [6, 6.07) is 1.52. The molecule has 20 heavy (non-hydrogen) atoms. The number of rotatable bonds is 5. The number of sulfonamides is 1. The molecule has 9 heteroatoms. The first-order valence-corrected chi connectivity index (χ1v) is 8.09. The van der Waals surface area contributed by atoms with E-state index in [1.165, 1.54) is 12.3 Å². The van der Waals surface area contributed by atoms with E-state index < -0.39 is 16.0 Å². The standard InChI is InChI=1S/C11H13N3O4S2/c1-3-18-11(15)8-4-5-19-10(8)14-20(16,17)9-6-12-13-7(9)2/h4-6,14H,3H2,1-2H3,(H,12,13). The molecular formula is C11H13N3O4S2. The quantitative estimate of drug-likeness (QED) is 0.819. The van der Waals surface area contributed by atoms with Gasteiger partial charge in [-0.3, -0.25) is 9.82 Å². The van der Waals surface area contributed by atoms with Crippen LogP contribution in [0.5, 0.6) is 0 Å². The SMILES string of the molecule is CCOC(=O)c1ccsc1NS(=O)(=O)c1cn[nH]c1C. The van der Waals surface area contributed by atoms with E-state index in [1.807, 2.05) is 0 Å². The Kier molecular flexibility index (Phi) is 4.09. The number of ether oxygens (including phenoxy) is 1. The van der Waals surface area contributed by atoms with Crippen molar-refractivity contribution in [3.05, 3.63) is 28.9 Å². The third kappa shape index (κ3) is 2.83. The van der Waals surface area contributed by atoms with Crippen molar-refractivity contribution in [3.8, 4) is 0 Å². The van der Waals surface area contributed by atoms with Crippen molar-refractivity contribution in [1.29, 1.82) is 0 Å². The van der Waals surface area contributed by atoms with Gasteiger partial charge in [-0.05, 0) is 25.3 Å². The van der Waals surface area contributed by atoms with E-state index in [0.29, 0.717) is 5.69 Å². The Bertz CT molecular complexity index is 718. The highest BCUT2D eigenvalue weighted by atomic mass is 32.2. The van der Waals surface area contributed by atoms with Gasteiger partial charge in [0.2, 0.25) is 0 Å². The molecule has 2 aromatic heterocycles. The van der Waals surface area contributed by atoms with Crippen LogP contribution in [0.2, 0.25) is 0 Å². The van der Waals surface area contributed by atoms with Crippen LogP contribution >= 0.6 is 11.3 Å². The number of hydrogen-bond acceptors (Lipinski definition) is 6. The Hall–Kier alpha value is -1.87. The van der Waals surface area contributed by atoms with Crippen LogP contribution in [0.15, 0.2) is 22.5 Å². The van der Waals surface area contributed by atoms with Gasteiger partial charge in [-0.25, -0.2) is 13.2 Å². The van der Waals surface area contributed by atoms with Crippen LogP contribution in [0.3, 0.4) is 0 Å². The number of aryl methyl sites for hydroxylation is 1. The molecule has 0 bridgehead atoms. The normalized spacial score (nSPS) is 11.3. The number of anilines is 1. The lowest BCUT2D eigenvalue weighted by atomic mass is 10.3. The zero-order valence-corrected chi connectivity index (χ0v) is 12.5. The third-order valence-corrected chi connectivity index (χ3v) is 4.88. The first-order valence-electron chi connectivity index (χ1n) is 5.73. The summed E-state index contributed by atoms with van der Waals surface area (Å²) in [6.45, 7) is 3.51. The number of nitrogens with one attached hydrogen (secondary N) is 2. The number of H-pyrrole nitrogens is 1. The first kappa shape index (κ1) is 14.5. The van der Waals surface area contributed by atoms with Gasteiger partial charge in [0, 0.05) is 0 Å². The van der Waals surface area contributed by atoms with Crippen molar-refractivity contribution >= 4 is 32.3 Å². The van der Waals surface area contributed by atoms with E-state index in [-0.39, 0.29) is 22.1 Å². The maximum atomic E-state index is 12.2. The molecule has 0 aliphatic carbocycles. The molecular weight excluding hydrogens is 302 g/mol. The fraction of sp³-hybridized carbons (Fsp3) is 0.273. The van der Waals surface area contributed by atoms with E-state index in [4.69, 9.17) is 4.74 Å². The largest absolute Gasteiger partial charge is 0.462 e. The monoisotopic (exact) mass is 315 g/mol. The second-order valence-electron chi connectivity index (χ2n) is 3.85. The fourth-order valence-electron chi connectivity index (χ4n) is 1.55. The molecule has 0 fully saturated rings. The molecule has 0 aliphatic rings. The Morgan fingerprint density at radius 3 is 2.90 bits per heavy atom. The number of aromatic nitrogens is 2. The van der Waals surface area contributed by atoms with E-state index in [9.17, 15) is 13.2 Å². The summed E-state index contributed by atoms with van der Waals surface area (Å²) in [7, 11) is -3.78. The summed E-state index contributed by atoms with van der Waals surface area (Å²) in [4.78, 5) is 11.7. The highest BCUT2D eigenvalue weighted by Crippen LogP contribution is 2.27. The van der Waals surface area contributed by atoms with Gasteiger partial charge >= 0.3 is 5.97 Å². The van der Waals surface area contributed by atoms with Crippen LogP contribution in [0, 0.1) is 6.92 Å². The second kappa shape index (κ2) is 5.63. The van der Waals surface area contributed by atoms with E-state index in [1.54, 1.807) is 19.2 Å². The predicted octanol–water partition coefficient (Wildman–Crippen LogP) is 1.76. The molecule has 108 valence electrons. The molecule has 2 aromatic rings. The predicted molar refractivity (Wildman–Crippen MR) is 74.4 cm³/mol. The first-order chi connectivity index (χ1) is 9.45. The summed E-state index contributed by atoms with van der Waals surface area (Å²) in [6.07, 6.45) is 1.22. The Balaban J connectivity index is 2.30. The summed E-state index contributed by atoms with van der Waals surface area (Å²) in [5, 5.41) is 8.07. The van der Waals surface area contributed by atoms with Gasteiger partial charge in [0.25, 0.3) is 10.0 Å². The molecule has 7 nitrogen and oxygen atoms in total. The Labute approximate surface area is 120 Å². The second-order valence-corrected chi connectivity index (χ2v) is 6.42. The minimum Gasteiger partial charge on any atom is -0.462 e. The van der Waals surface area contributed by atoms with Gasteiger partial charge in [0.1, 0.15) is 9.90 Å². The molecule has 0 radical (unpaired) electrons. The van der Waals surface area contributed by atoms with Gasteiger partial charge in [-0.1, -0.05) is 0 Å². The number of hydrogen-bond donors (Lipinski definition) is 2. The van der Waals surface area contributed by atoms with Crippen molar-refractivity contribution in [3.63, 3.8) is 0 Å². The van der Waals surface area contributed by atoms with Crippen LogP contribution < -0.4 is 4.72 Å². The average Bonchev–Trinajstić information content (AvgIpc) is 2.98. The molecule has 0 amide bonds. The lowest BCUT2D eigenvalue weighted by Gasteiger charge is -2.07. The number of carbonyl (C=O) groups is 1. The molecule has 0 aliphatic heterocycles. The number of thiophene rings is 1. The summed E-state index contributed by atoms with van der Waals surface area (Å²) < 4.78 is 31.6. The lowest BCUT2D eigenvalue weighted by Crippen LogP contribution is -2.15. The van der Waals surface area contributed by atoms with Crippen molar-refractivity contribution in [1.82, 2.24) is 10.2 Å². The van der Waals surface area contributed by atoms with Gasteiger partial charge in [-0.15, -0.1) is 11.3 Å². The minimum atomic E-state index is -3.78. The van der Waals surface area contributed by atoms with Crippen LogP contribution in [0.25, 0.3) is 0 Å². The molecule has 0 atom stereocenters. The van der Waals surface area contributed by atoms with Gasteiger partial charge in [0.05, 0.1) is 24.1 Å². The van der Waals surface area contributed by atoms with Gasteiger partial charge < -0.3 is 4.74 Å². The number of aromatic amines is 1. The molecule has 0 saturated heterocycles. The summed E-state index contributed by atoms with van der Waals surface area (Å²) >= 11 is 1.11. The van der Waals surface area contributed by atoms with Gasteiger partial charge in [0.15, 0.2) is 0 Å². The lowest BCUT2D eigenvalue weighted by molar-refractivity contribution is 0.0528. The minimum absolute atomic E-state index is 0.0423. The Morgan fingerprint density at radius 1 is 1.55 bits per heavy atom. The zero-order chi connectivity index (χ0) is 14.8. The van der Waals surface area contributed by atoms with Crippen LogP contribution in [0.4, 0.5) is 5.00 Å². The molecule has 0 saturated carbocycles. The zero-order valence-electron chi connectivity index (χ0n) is 10.8. The maximum Gasteiger partial charge on any atom is 0.341 e. The Morgan fingerprint density at radius 2 is 2.30 bits per heavy atom. The summed E-state index contributed by atoms with van der Waals surface area (Å²) in [5.41, 5.74) is 0.619. The van der Waals surface area contributed by atoms with Gasteiger partial charge in [-0.2, -0.15) is 5.10 Å². The van der Waals surface area contributed by atoms with E-state index >= 15 is 0 Å². The average molecular weight is 315 g/mol.